The lowest BCUT2D eigenvalue weighted by Gasteiger charge is -2.36. The molecule has 0 radical (unpaired) electrons. The standard InChI is InChI=1S/C14H20N2O3S/c1-12-10-16(8-9-19-12)20(17,18)15-7-6-13-4-2-3-5-14(13)11-15/h2-5,12H,6-11H2,1H3. The zero-order valence-corrected chi connectivity index (χ0v) is 12.5. The molecule has 0 N–H and O–H groups in total. The fourth-order valence-electron chi connectivity index (χ4n) is 2.83. The maximum atomic E-state index is 12.7. The van der Waals surface area contributed by atoms with E-state index in [2.05, 4.69) is 6.07 Å². The molecule has 3 rings (SSSR count). The molecule has 1 aromatic rings. The van der Waals surface area contributed by atoms with E-state index in [4.69, 9.17) is 4.74 Å². The van der Waals surface area contributed by atoms with Gasteiger partial charge in [-0.3, -0.25) is 0 Å². The van der Waals surface area contributed by atoms with E-state index in [9.17, 15) is 8.42 Å². The predicted molar refractivity (Wildman–Crippen MR) is 76.5 cm³/mol. The first kappa shape index (κ1) is 14.0. The van der Waals surface area contributed by atoms with Crippen molar-refractivity contribution in [3.8, 4) is 0 Å². The van der Waals surface area contributed by atoms with Crippen molar-refractivity contribution >= 4 is 10.2 Å². The normalized spacial score (nSPS) is 25.4. The van der Waals surface area contributed by atoms with Gasteiger partial charge in [0, 0.05) is 26.2 Å². The lowest BCUT2D eigenvalue weighted by molar-refractivity contribution is 0.00811. The molecule has 6 heteroatoms. The van der Waals surface area contributed by atoms with Crippen molar-refractivity contribution in [3.05, 3.63) is 35.4 Å². The summed E-state index contributed by atoms with van der Waals surface area (Å²) in [6.45, 7) is 4.32. The topological polar surface area (TPSA) is 49.9 Å². The molecule has 1 atom stereocenters. The summed E-state index contributed by atoms with van der Waals surface area (Å²) in [6.07, 6.45) is 0.755. The zero-order valence-electron chi connectivity index (χ0n) is 11.7. The van der Waals surface area contributed by atoms with Crippen LogP contribution in [0.15, 0.2) is 24.3 Å². The van der Waals surface area contributed by atoms with Crippen LogP contribution in [-0.2, 0) is 27.9 Å². The molecule has 5 nitrogen and oxygen atoms in total. The molecule has 0 bridgehead atoms. The van der Waals surface area contributed by atoms with Crippen molar-refractivity contribution in [2.24, 2.45) is 0 Å². The fraction of sp³-hybridized carbons (Fsp3) is 0.571. The van der Waals surface area contributed by atoms with Crippen LogP contribution in [0.3, 0.4) is 0 Å². The van der Waals surface area contributed by atoms with Crippen molar-refractivity contribution in [1.82, 2.24) is 8.61 Å². The van der Waals surface area contributed by atoms with Gasteiger partial charge in [-0.1, -0.05) is 24.3 Å². The lowest BCUT2D eigenvalue weighted by atomic mass is 10.0. The molecule has 1 saturated heterocycles. The van der Waals surface area contributed by atoms with Crippen LogP contribution >= 0.6 is 0 Å². The van der Waals surface area contributed by atoms with E-state index < -0.39 is 10.2 Å². The molecule has 2 heterocycles. The number of hydrogen-bond donors (Lipinski definition) is 0. The maximum absolute atomic E-state index is 12.7. The van der Waals surface area contributed by atoms with Crippen LogP contribution in [0.25, 0.3) is 0 Å². The van der Waals surface area contributed by atoms with Crippen molar-refractivity contribution in [2.75, 3.05) is 26.2 Å². The number of nitrogens with zero attached hydrogens (tertiary/aromatic N) is 2. The third-order valence-corrected chi connectivity index (χ3v) is 5.90. The minimum atomic E-state index is -3.37. The van der Waals surface area contributed by atoms with E-state index in [-0.39, 0.29) is 6.10 Å². The average Bonchev–Trinajstić information content (AvgIpc) is 2.46. The number of hydrogen-bond acceptors (Lipinski definition) is 3. The van der Waals surface area contributed by atoms with Crippen LogP contribution in [0.4, 0.5) is 0 Å². The predicted octanol–water partition coefficient (Wildman–Crippen LogP) is 1.01. The summed E-state index contributed by atoms with van der Waals surface area (Å²) in [6, 6.07) is 8.06. The third kappa shape index (κ3) is 2.61. The molecule has 2 aliphatic heterocycles. The number of ether oxygens (including phenoxy) is 1. The van der Waals surface area contributed by atoms with Gasteiger partial charge in [-0.05, 0) is 24.5 Å². The van der Waals surface area contributed by atoms with Crippen LogP contribution in [0, 0.1) is 0 Å². The zero-order chi connectivity index (χ0) is 14.2. The van der Waals surface area contributed by atoms with Gasteiger partial charge in [0.25, 0.3) is 10.2 Å². The minimum absolute atomic E-state index is 0.0319. The summed E-state index contributed by atoms with van der Waals surface area (Å²) in [5.41, 5.74) is 2.37. The SMILES string of the molecule is CC1CN(S(=O)(=O)N2CCc3ccccc3C2)CCO1. The van der Waals surface area contributed by atoms with Crippen molar-refractivity contribution < 1.29 is 13.2 Å². The van der Waals surface area contributed by atoms with Gasteiger partial charge in [0.2, 0.25) is 0 Å². The first-order valence-corrected chi connectivity index (χ1v) is 8.40. The van der Waals surface area contributed by atoms with Gasteiger partial charge in [0.05, 0.1) is 12.7 Å². The molecule has 1 fully saturated rings. The quantitative estimate of drug-likeness (QED) is 0.818. The Kier molecular flexibility index (Phi) is 3.81. The van der Waals surface area contributed by atoms with Crippen molar-refractivity contribution in [1.29, 1.82) is 0 Å². The average molecular weight is 296 g/mol. The van der Waals surface area contributed by atoms with Crippen molar-refractivity contribution in [3.63, 3.8) is 0 Å². The molecule has 1 aromatic carbocycles. The van der Waals surface area contributed by atoms with E-state index in [0.29, 0.717) is 32.8 Å². The second-order valence-electron chi connectivity index (χ2n) is 5.40. The summed E-state index contributed by atoms with van der Waals surface area (Å²) in [7, 11) is -3.37. The molecule has 0 aliphatic carbocycles. The summed E-state index contributed by atoms with van der Waals surface area (Å²) < 4.78 is 33.9. The minimum Gasteiger partial charge on any atom is -0.376 e. The van der Waals surface area contributed by atoms with Crippen LogP contribution in [0.1, 0.15) is 18.1 Å². The highest BCUT2D eigenvalue weighted by Gasteiger charge is 2.34. The van der Waals surface area contributed by atoms with E-state index in [0.717, 1.165) is 12.0 Å². The van der Waals surface area contributed by atoms with E-state index in [1.54, 1.807) is 8.61 Å². The molecule has 2 aliphatic rings. The maximum Gasteiger partial charge on any atom is 0.282 e. The van der Waals surface area contributed by atoms with Gasteiger partial charge < -0.3 is 4.74 Å². The fourth-order valence-corrected chi connectivity index (χ4v) is 4.48. The van der Waals surface area contributed by atoms with Gasteiger partial charge >= 0.3 is 0 Å². The van der Waals surface area contributed by atoms with Gasteiger partial charge in [0.15, 0.2) is 0 Å². The van der Waals surface area contributed by atoms with E-state index >= 15 is 0 Å². The largest absolute Gasteiger partial charge is 0.376 e. The molecule has 20 heavy (non-hydrogen) atoms. The molecule has 0 spiro atoms. The molecule has 0 saturated carbocycles. The Hall–Kier alpha value is -0.950. The highest BCUT2D eigenvalue weighted by atomic mass is 32.2. The summed E-state index contributed by atoms with van der Waals surface area (Å²) in [4.78, 5) is 0. The molecule has 0 aromatic heterocycles. The Balaban J connectivity index is 1.79. The Morgan fingerprint density at radius 1 is 1.15 bits per heavy atom. The number of fused-ring (bicyclic) bond motifs is 1. The van der Waals surface area contributed by atoms with Crippen molar-refractivity contribution in [2.45, 2.75) is 26.0 Å². The monoisotopic (exact) mass is 296 g/mol. The third-order valence-electron chi connectivity index (χ3n) is 3.95. The smallest absolute Gasteiger partial charge is 0.282 e. The first-order chi connectivity index (χ1) is 9.57. The highest BCUT2D eigenvalue weighted by Crippen LogP contribution is 2.23. The Bertz CT molecular complexity index is 588. The van der Waals surface area contributed by atoms with Crippen LogP contribution in [0.5, 0.6) is 0 Å². The molecule has 0 amide bonds. The summed E-state index contributed by atoms with van der Waals surface area (Å²) >= 11 is 0. The highest BCUT2D eigenvalue weighted by molar-refractivity contribution is 7.86. The number of morpholine rings is 1. The second kappa shape index (κ2) is 5.44. The Morgan fingerprint density at radius 3 is 2.65 bits per heavy atom. The van der Waals surface area contributed by atoms with Gasteiger partial charge in [0.1, 0.15) is 0 Å². The molecular formula is C14H20N2O3S. The van der Waals surface area contributed by atoms with E-state index in [1.165, 1.54) is 5.56 Å². The first-order valence-electron chi connectivity index (χ1n) is 7.01. The second-order valence-corrected chi connectivity index (χ2v) is 7.33. The van der Waals surface area contributed by atoms with Crippen LogP contribution in [-0.4, -0.2) is 49.4 Å². The van der Waals surface area contributed by atoms with Gasteiger partial charge in [-0.15, -0.1) is 0 Å². The molecule has 110 valence electrons. The summed E-state index contributed by atoms with van der Waals surface area (Å²) in [5.74, 6) is 0. The van der Waals surface area contributed by atoms with Gasteiger partial charge in [-0.2, -0.15) is 17.0 Å². The summed E-state index contributed by atoms with van der Waals surface area (Å²) in [5, 5.41) is 0. The lowest BCUT2D eigenvalue weighted by Crippen LogP contribution is -2.51. The number of rotatable bonds is 2. The molecular weight excluding hydrogens is 276 g/mol. The number of benzene rings is 1. The van der Waals surface area contributed by atoms with Crippen LogP contribution < -0.4 is 0 Å². The Labute approximate surface area is 120 Å². The molecule has 1 unspecified atom stereocenters. The Morgan fingerprint density at radius 2 is 1.90 bits per heavy atom. The van der Waals surface area contributed by atoms with Gasteiger partial charge in [-0.25, -0.2) is 0 Å². The van der Waals surface area contributed by atoms with E-state index in [1.807, 2.05) is 25.1 Å². The van der Waals surface area contributed by atoms with Crippen LogP contribution in [0.2, 0.25) is 0 Å².